The summed E-state index contributed by atoms with van der Waals surface area (Å²) in [5.74, 6) is 0. The molecule has 0 aromatic rings. The van der Waals surface area contributed by atoms with Crippen molar-refractivity contribution in [2.24, 2.45) is 0 Å². The van der Waals surface area contributed by atoms with Crippen molar-refractivity contribution in [2.75, 3.05) is 0 Å². The Labute approximate surface area is 87.7 Å². The average Bonchev–Trinajstić information content (AvgIpc) is 2.22. The Bertz CT molecular complexity index is 228. The third-order valence-corrected chi connectivity index (χ3v) is 2.09. The van der Waals surface area contributed by atoms with Gasteiger partial charge in [0.15, 0.2) is 0 Å². The highest BCUT2D eigenvalue weighted by Crippen LogP contribution is 2.01. The van der Waals surface area contributed by atoms with Gasteiger partial charge >= 0.3 is 0 Å². The highest BCUT2D eigenvalue weighted by molar-refractivity contribution is 5.06. The summed E-state index contributed by atoms with van der Waals surface area (Å²) in [5, 5.41) is 0. The number of hydrogen-bond acceptors (Lipinski definition) is 0. The molecular formula is C14H19. The van der Waals surface area contributed by atoms with E-state index in [9.17, 15) is 0 Å². The van der Waals surface area contributed by atoms with Crippen molar-refractivity contribution in [1.82, 2.24) is 0 Å². The van der Waals surface area contributed by atoms with Gasteiger partial charge < -0.3 is 0 Å². The molecule has 14 heavy (non-hydrogen) atoms. The molecule has 0 aromatic heterocycles. The second kappa shape index (κ2) is 8.55. The van der Waals surface area contributed by atoms with E-state index < -0.39 is 0 Å². The minimum atomic E-state index is 1.06. The van der Waals surface area contributed by atoms with Gasteiger partial charge in [-0.25, -0.2) is 0 Å². The minimum Gasteiger partial charge on any atom is -0.0879 e. The van der Waals surface area contributed by atoms with E-state index in [1.165, 1.54) is 0 Å². The van der Waals surface area contributed by atoms with Crippen LogP contribution in [0.5, 0.6) is 0 Å². The van der Waals surface area contributed by atoms with E-state index in [0.717, 1.165) is 32.1 Å². The third-order valence-electron chi connectivity index (χ3n) is 2.09. The van der Waals surface area contributed by atoms with Crippen molar-refractivity contribution in [2.45, 2.75) is 32.1 Å². The Kier molecular flexibility index (Phi) is 6.74. The van der Waals surface area contributed by atoms with E-state index in [4.69, 9.17) is 0 Å². The van der Waals surface area contributed by atoms with Crippen molar-refractivity contribution in [3.05, 3.63) is 55.0 Å². The molecule has 0 saturated carbocycles. The van der Waals surface area contributed by atoms with E-state index in [-0.39, 0.29) is 0 Å². The van der Waals surface area contributed by atoms with Crippen molar-refractivity contribution in [3.8, 4) is 0 Å². The quantitative estimate of drug-likeness (QED) is 0.494. The number of hydrogen-bond donors (Lipinski definition) is 0. The molecule has 0 aliphatic heterocycles. The van der Waals surface area contributed by atoms with Gasteiger partial charge in [-0.1, -0.05) is 48.6 Å². The van der Waals surface area contributed by atoms with Gasteiger partial charge in [-0.05, 0) is 38.5 Å². The molecule has 1 radical (unpaired) electrons. The predicted octanol–water partition coefficient (Wildman–Crippen LogP) is 4.38. The molecule has 0 saturated heterocycles. The monoisotopic (exact) mass is 187 g/mol. The lowest BCUT2D eigenvalue weighted by Gasteiger charge is -1.91. The second-order valence-electron chi connectivity index (χ2n) is 3.38. The maximum Gasteiger partial charge on any atom is -0.0166 e. The molecule has 0 heteroatoms. The lowest BCUT2D eigenvalue weighted by Crippen LogP contribution is -1.72. The van der Waals surface area contributed by atoms with Crippen LogP contribution in [0, 0.1) is 6.42 Å². The zero-order valence-electron chi connectivity index (χ0n) is 8.73. The summed E-state index contributed by atoms with van der Waals surface area (Å²) in [6, 6.07) is 0. The van der Waals surface area contributed by atoms with Gasteiger partial charge in [0.25, 0.3) is 0 Å². The number of rotatable bonds is 0. The molecule has 1 aliphatic rings. The van der Waals surface area contributed by atoms with Gasteiger partial charge in [-0.2, -0.15) is 0 Å². The average molecular weight is 187 g/mol. The van der Waals surface area contributed by atoms with Crippen LogP contribution in [0.25, 0.3) is 0 Å². The van der Waals surface area contributed by atoms with Crippen LogP contribution in [-0.4, -0.2) is 0 Å². The second-order valence-corrected chi connectivity index (χ2v) is 3.38. The van der Waals surface area contributed by atoms with Crippen molar-refractivity contribution in [1.29, 1.82) is 0 Å². The molecule has 0 fully saturated rings. The molecule has 0 bridgehead atoms. The molecular weight excluding hydrogens is 168 g/mol. The maximum absolute atomic E-state index is 2.25. The first-order chi connectivity index (χ1) is 7.00. The smallest absolute Gasteiger partial charge is 0.0166 e. The first-order valence-electron chi connectivity index (χ1n) is 5.45. The molecule has 0 unspecified atom stereocenters. The largest absolute Gasteiger partial charge is 0.0879 e. The fourth-order valence-corrected chi connectivity index (χ4v) is 1.30. The van der Waals surface area contributed by atoms with Crippen molar-refractivity contribution >= 4 is 0 Å². The number of allylic oxidation sites excluding steroid dienone is 8. The van der Waals surface area contributed by atoms with Gasteiger partial charge in [0.2, 0.25) is 0 Å². The van der Waals surface area contributed by atoms with Gasteiger partial charge in [-0.3, -0.25) is 0 Å². The van der Waals surface area contributed by atoms with Crippen LogP contribution < -0.4 is 0 Å². The van der Waals surface area contributed by atoms with E-state index >= 15 is 0 Å². The molecule has 0 spiro atoms. The molecule has 0 aromatic carbocycles. The fourth-order valence-electron chi connectivity index (χ4n) is 1.30. The van der Waals surface area contributed by atoms with Crippen LogP contribution in [0.2, 0.25) is 0 Å². The van der Waals surface area contributed by atoms with E-state index in [1.54, 1.807) is 0 Å². The Hall–Kier alpha value is -1.04. The van der Waals surface area contributed by atoms with Gasteiger partial charge in [0.1, 0.15) is 0 Å². The van der Waals surface area contributed by atoms with Crippen LogP contribution in [0.1, 0.15) is 32.1 Å². The molecule has 75 valence electrons. The van der Waals surface area contributed by atoms with Crippen LogP contribution in [0.15, 0.2) is 48.6 Å². The highest BCUT2D eigenvalue weighted by Gasteiger charge is 1.82. The lowest BCUT2D eigenvalue weighted by molar-refractivity contribution is 0.990. The summed E-state index contributed by atoms with van der Waals surface area (Å²) in [6.45, 7) is 0. The summed E-state index contributed by atoms with van der Waals surface area (Å²) >= 11 is 0. The topological polar surface area (TPSA) is 0 Å². The Balaban J connectivity index is 2.34. The third kappa shape index (κ3) is 6.47. The standard InChI is InChI=1S/C14H19/c1-2-4-6-8-10-12-14-13-11-9-7-5-3-1/h1-4,7,9-10,12,14H,5-6,8,11,13H2/b3-1+,4-2-,9-7+,14-12+. The molecule has 0 heterocycles. The minimum absolute atomic E-state index is 1.06. The Morgan fingerprint density at radius 2 is 1.21 bits per heavy atom. The molecule has 1 rings (SSSR count). The van der Waals surface area contributed by atoms with Crippen molar-refractivity contribution in [3.63, 3.8) is 0 Å². The van der Waals surface area contributed by atoms with Crippen LogP contribution in [0.4, 0.5) is 0 Å². The Morgan fingerprint density at radius 3 is 2.21 bits per heavy atom. The maximum atomic E-state index is 2.25. The SMILES string of the molecule is [CH]1/C=C/CC/C=C/C/C=C/C=C\CC1. The van der Waals surface area contributed by atoms with Gasteiger partial charge in [0, 0.05) is 0 Å². The summed E-state index contributed by atoms with van der Waals surface area (Å²) < 4.78 is 0. The Morgan fingerprint density at radius 1 is 0.500 bits per heavy atom. The van der Waals surface area contributed by atoms with Crippen molar-refractivity contribution < 1.29 is 0 Å². The lowest BCUT2D eigenvalue weighted by atomic mass is 10.2. The van der Waals surface area contributed by atoms with Crippen LogP contribution in [0.3, 0.4) is 0 Å². The summed E-state index contributed by atoms with van der Waals surface area (Å²) in [4.78, 5) is 0. The van der Waals surface area contributed by atoms with Crippen LogP contribution >= 0.6 is 0 Å². The zero-order valence-corrected chi connectivity index (χ0v) is 8.73. The molecule has 0 atom stereocenters. The molecule has 0 amide bonds. The summed E-state index contributed by atoms with van der Waals surface area (Å²) in [7, 11) is 0. The molecule has 0 nitrogen and oxygen atoms in total. The molecule has 1 aliphatic carbocycles. The predicted molar refractivity (Wildman–Crippen MR) is 63.9 cm³/mol. The van der Waals surface area contributed by atoms with Crippen LogP contribution in [-0.2, 0) is 0 Å². The first kappa shape index (κ1) is 11.0. The van der Waals surface area contributed by atoms with E-state index in [0.29, 0.717) is 0 Å². The van der Waals surface area contributed by atoms with Gasteiger partial charge in [-0.15, -0.1) is 0 Å². The fraction of sp³-hybridized carbons (Fsp3) is 0.357. The summed E-state index contributed by atoms with van der Waals surface area (Å²) in [5.41, 5.74) is 0. The highest BCUT2D eigenvalue weighted by atomic mass is 13.9. The van der Waals surface area contributed by atoms with E-state index in [1.807, 2.05) is 0 Å². The molecule has 0 N–H and O–H groups in total. The van der Waals surface area contributed by atoms with Gasteiger partial charge in [0.05, 0.1) is 0 Å². The normalized spacial score (nSPS) is 28.6. The zero-order chi connectivity index (χ0) is 9.90. The van der Waals surface area contributed by atoms with E-state index in [2.05, 4.69) is 55.0 Å². The first-order valence-corrected chi connectivity index (χ1v) is 5.45. The summed E-state index contributed by atoms with van der Waals surface area (Å²) in [6.07, 6.45) is 25.5.